The minimum Gasteiger partial charge on any atom is -0.484 e. The zero-order chi connectivity index (χ0) is 20.1. The summed E-state index contributed by atoms with van der Waals surface area (Å²) in [4.78, 5) is 25.5. The summed E-state index contributed by atoms with van der Waals surface area (Å²) in [5, 5.41) is 5.39. The molecule has 2 heterocycles. The van der Waals surface area contributed by atoms with E-state index >= 15 is 0 Å². The zero-order valence-electron chi connectivity index (χ0n) is 15.2. The van der Waals surface area contributed by atoms with Crippen LogP contribution in [0.1, 0.15) is 6.92 Å². The average Bonchev–Trinajstić information content (AvgIpc) is 2.66. The van der Waals surface area contributed by atoms with Crippen molar-refractivity contribution in [2.45, 2.75) is 6.92 Å². The van der Waals surface area contributed by atoms with Crippen molar-refractivity contribution in [3.05, 3.63) is 48.2 Å². The highest BCUT2D eigenvalue weighted by molar-refractivity contribution is 7.90. The number of fused-ring (bicyclic) bond motifs is 1. The number of ether oxygens (including phenoxy) is 1. The second-order valence-electron chi connectivity index (χ2n) is 6.07. The molecule has 0 fully saturated rings. The van der Waals surface area contributed by atoms with E-state index in [1.807, 2.05) is 6.92 Å². The average molecular weight is 404 g/mol. The third kappa shape index (κ3) is 4.97. The van der Waals surface area contributed by atoms with E-state index in [1.165, 1.54) is 12.2 Å². The van der Waals surface area contributed by atoms with Gasteiger partial charge in [-0.2, -0.15) is 0 Å². The van der Waals surface area contributed by atoms with Crippen LogP contribution >= 0.6 is 0 Å². The molecule has 0 saturated carbocycles. The summed E-state index contributed by atoms with van der Waals surface area (Å²) < 4.78 is 32.1. The Bertz CT molecular complexity index is 964. The van der Waals surface area contributed by atoms with Gasteiger partial charge in [0.25, 0.3) is 21.8 Å². The number of benzene rings is 1. The van der Waals surface area contributed by atoms with Crippen LogP contribution in [0, 0.1) is 0 Å². The fraction of sp³-hybridized carbons (Fsp3) is 0.278. The molecule has 10 heteroatoms. The van der Waals surface area contributed by atoms with Gasteiger partial charge in [0, 0.05) is 25.0 Å². The van der Waals surface area contributed by atoms with E-state index in [-0.39, 0.29) is 30.7 Å². The van der Waals surface area contributed by atoms with Crippen LogP contribution in [-0.4, -0.2) is 56.4 Å². The molecule has 3 rings (SSSR count). The van der Waals surface area contributed by atoms with Crippen LogP contribution in [0.2, 0.25) is 0 Å². The number of carbonyl (C=O) groups is 2. The molecule has 9 nitrogen and oxygen atoms in total. The first-order valence-electron chi connectivity index (χ1n) is 8.66. The quantitative estimate of drug-likeness (QED) is 0.719. The lowest BCUT2D eigenvalue weighted by molar-refractivity contribution is -0.123. The second kappa shape index (κ2) is 8.26. The summed E-state index contributed by atoms with van der Waals surface area (Å²) in [7, 11) is -3.43. The van der Waals surface area contributed by atoms with Gasteiger partial charge in [-0.15, -0.1) is 4.40 Å². The van der Waals surface area contributed by atoms with E-state index in [0.717, 1.165) is 0 Å². The molecule has 0 spiro atoms. The predicted molar refractivity (Wildman–Crippen MR) is 104 cm³/mol. The van der Waals surface area contributed by atoms with Gasteiger partial charge in [0.2, 0.25) is 0 Å². The maximum Gasteiger partial charge on any atom is 0.257 e. The van der Waals surface area contributed by atoms with E-state index < -0.39 is 10.0 Å². The van der Waals surface area contributed by atoms with Crippen LogP contribution in [0.4, 0.5) is 5.69 Å². The lowest BCUT2D eigenvalue weighted by atomic mass is 10.1. The zero-order valence-corrected chi connectivity index (χ0v) is 16.0. The molecule has 0 atom stereocenters. The van der Waals surface area contributed by atoms with Crippen LogP contribution in [0.25, 0.3) is 0 Å². The van der Waals surface area contributed by atoms with Crippen LogP contribution < -0.4 is 15.4 Å². The Morgan fingerprint density at radius 3 is 2.68 bits per heavy atom. The van der Waals surface area contributed by atoms with Crippen LogP contribution in [-0.2, 0) is 19.6 Å². The molecule has 0 unspecified atom stereocenters. The highest BCUT2D eigenvalue weighted by Crippen LogP contribution is 2.19. The number of hydrogen-bond acceptors (Lipinski definition) is 6. The van der Waals surface area contributed by atoms with E-state index in [2.05, 4.69) is 15.0 Å². The largest absolute Gasteiger partial charge is 0.484 e. The highest BCUT2D eigenvalue weighted by atomic mass is 32.2. The molecule has 1 aromatic rings. The van der Waals surface area contributed by atoms with Crippen molar-refractivity contribution in [1.82, 2.24) is 10.2 Å². The Morgan fingerprint density at radius 1 is 1.21 bits per heavy atom. The van der Waals surface area contributed by atoms with Crippen molar-refractivity contribution in [2.75, 3.05) is 30.8 Å². The summed E-state index contributed by atoms with van der Waals surface area (Å²) in [6.45, 7) is 2.54. The molecule has 0 bridgehead atoms. The van der Waals surface area contributed by atoms with Gasteiger partial charge < -0.3 is 20.3 Å². The molecular formula is C18H20N4O5S. The summed E-state index contributed by atoms with van der Waals surface area (Å²) in [6, 6.07) is 6.64. The van der Waals surface area contributed by atoms with E-state index in [1.54, 1.807) is 35.4 Å². The van der Waals surface area contributed by atoms with Crippen LogP contribution in [0.3, 0.4) is 0 Å². The number of hydrogen-bond donors (Lipinski definition) is 2. The van der Waals surface area contributed by atoms with Gasteiger partial charge in [-0.1, -0.05) is 0 Å². The van der Waals surface area contributed by atoms with Gasteiger partial charge in [0.05, 0.1) is 11.3 Å². The van der Waals surface area contributed by atoms with Gasteiger partial charge in [0.1, 0.15) is 11.6 Å². The number of amidine groups is 1. The molecular weight excluding hydrogens is 384 g/mol. The van der Waals surface area contributed by atoms with Crippen molar-refractivity contribution < 1.29 is 22.7 Å². The minimum atomic E-state index is -3.43. The molecule has 28 heavy (non-hydrogen) atoms. The Labute approximate surface area is 162 Å². The van der Waals surface area contributed by atoms with E-state index in [4.69, 9.17) is 4.74 Å². The topological polar surface area (TPSA) is 117 Å². The Morgan fingerprint density at radius 2 is 1.96 bits per heavy atom. The number of amides is 2. The van der Waals surface area contributed by atoms with E-state index in [0.29, 0.717) is 29.4 Å². The lowest BCUT2D eigenvalue weighted by Gasteiger charge is -2.26. The molecule has 0 aromatic heterocycles. The third-order valence-electron chi connectivity index (χ3n) is 3.94. The lowest BCUT2D eigenvalue weighted by Crippen LogP contribution is -2.37. The maximum atomic E-state index is 12.4. The number of rotatable bonds is 6. The fourth-order valence-corrected chi connectivity index (χ4v) is 3.54. The van der Waals surface area contributed by atoms with Crippen molar-refractivity contribution in [3.8, 4) is 5.75 Å². The number of likely N-dealkylation sites (N-methyl/N-ethyl adjacent to an activating group) is 1. The molecule has 2 amide bonds. The first kappa shape index (κ1) is 19.6. The van der Waals surface area contributed by atoms with Crippen molar-refractivity contribution in [1.29, 1.82) is 0 Å². The van der Waals surface area contributed by atoms with Gasteiger partial charge in [-0.25, -0.2) is 8.42 Å². The first-order valence-corrected chi connectivity index (χ1v) is 10.3. The second-order valence-corrected chi connectivity index (χ2v) is 7.82. The maximum absolute atomic E-state index is 12.4. The predicted octanol–water partition coefficient (Wildman–Crippen LogP) is 0.638. The molecule has 1 aromatic carbocycles. The molecule has 0 saturated heterocycles. The molecule has 0 radical (unpaired) electrons. The Balaban J connectivity index is 1.59. The summed E-state index contributed by atoms with van der Waals surface area (Å²) in [5.41, 5.74) is 0.945. The van der Waals surface area contributed by atoms with Gasteiger partial charge in [0.15, 0.2) is 6.61 Å². The number of nitrogens with zero attached hydrogens (tertiary/aromatic N) is 2. The number of nitrogens with one attached hydrogen (secondary N) is 2. The molecule has 2 aliphatic rings. The van der Waals surface area contributed by atoms with Crippen molar-refractivity contribution in [2.24, 2.45) is 4.40 Å². The fourth-order valence-electron chi connectivity index (χ4n) is 2.57. The summed E-state index contributed by atoms with van der Waals surface area (Å²) in [5.74, 6) is 0.185. The van der Waals surface area contributed by atoms with Gasteiger partial charge >= 0.3 is 0 Å². The SMILES string of the molecule is CCNC(=O)COc1ccc(NC(=O)C2=CN3CCS(=O)(=O)N=C3C=C2)cc1. The monoisotopic (exact) mass is 404 g/mol. The standard InChI is InChI=1S/C18H20N4O5S/c1-2-19-17(23)12-27-15-6-4-14(5-7-15)20-18(24)13-3-8-16-21-28(25,26)10-9-22(16)11-13/h3-8,11H,2,9-10,12H2,1H3,(H,19,23)(H,20,24). The Hall–Kier alpha value is -3.14. The van der Waals surface area contributed by atoms with E-state index in [9.17, 15) is 18.0 Å². The minimum absolute atomic E-state index is 0.0767. The van der Waals surface area contributed by atoms with Crippen LogP contribution in [0.15, 0.2) is 52.6 Å². The number of anilines is 1. The first-order chi connectivity index (χ1) is 13.4. The van der Waals surface area contributed by atoms with Crippen LogP contribution in [0.5, 0.6) is 5.75 Å². The highest BCUT2D eigenvalue weighted by Gasteiger charge is 2.25. The molecule has 0 aliphatic carbocycles. The number of carbonyl (C=O) groups excluding carboxylic acids is 2. The molecule has 2 aliphatic heterocycles. The summed E-state index contributed by atoms with van der Waals surface area (Å²) in [6.07, 6.45) is 4.60. The molecule has 2 N–H and O–H groups in total. The third-order valence-corrected chi connectivity index (χ3v) is 5.11. The Kier molecular flexibility index (Phi) is 5.78. The van der Waals surface area contributed by atoms with Gasteiger partial charge in [-0.05, 0) is 43.3 Å². The molecule has 148 valence electrons. The smallest absolute Gasteiger partial charge is 0.257 e. The normalized spacial score (nSPS) is 17.1. The summed E-state index contributed by atoms with van der Waals surface area (Å²) >= 11 is 0. The van der Waals surface area contributed by atoms with Gasteiger partial charge in [-0.3, -0.25) is 9.59 Å². The van der Waals surface area contributed by atoms with Crippen molar-refractivity contribution in [3.63, 3.8) is 0 Å². The number of sulfonamides is 1. The van der Waals surface area contributed by atoms with Crippen molar-refractivity contribution >= 4 is 33.4 Å².